The molecular formula is C29H46O. The zero-order chi connectivity index (χ0) is 21.5. The van der Waals surface area contributed by atoms with Gasteiger partial charge in [-0.1, -0.05) is 53.7 Å². The van der Waals surface area contributed by atoms with E-state index in [0.29, 0.717) is 34.4 Å². The van der Waals surface area contributed by atoms with Crippen LogP contribution >= 0.6 is 0 Å². The van der Waals surface area contributed by atoms with Crippen LogP contribution in [0.1, 0.15) is 99.3 Å². The summed E-state index contributed by atoms with van der Waals surface area (Å²) >= 11 is 0. The van der Waals surface area contributed by atoms with Gasteiger partial charge in [0.2, 0.25) is 0 Å². The first-order valence-electron chi connectivity index (χ1n) is 13.4. The number of hydrogen-bond acceptors (Lipinski definition) is 1. The second-order valence-electron chi connectivity index (χ2n) is 13.1. The minimum atomic E-state index is 0.141. The molecule has 0 aromatic carbocycles. The molecule has 10 unspecified atom stereocenters. The Balaban J connectivity index is 1.37. The van der Waals surface area contributed by atoms with E-state index in [0.717, 1.165) is 36.0 Å². The van der Waals surface area contributed by atoms with Crippen LogP contribution < -0.4 is 0 Å². The Morgan fingerprint density at radius 2 is 1.77 bits per heavy atom. The quantitative estimate of drug-likeness (QED) is 0.424. The largest absolute Gasteiger partial charge is 0.299 e. The maximum atomic E-state index is 13.5. The molecule has 1 heteroatoms. The third kappa shape index (κ3) is 2.62. The molecule has 1 spiro atoms. The molecule has 5 aliphatic carbocycles. The average Bonchev–Trinajstić information content (AvgIpc) is 3.22. The van der Waals surface area contributed by atoms with Crippen molar-refractivity contribution >= 4 is 5.78 Å². The molecule has 0 radical (unpaired) electrons. The van der Waals surface area contributed by atoms with E-state index < -0.39 is 0 Å². The standard InChI is InChI=1S/C29H46O/c1-7-20(18(2)3)9-8-19(4)23-10-11-24-22-16-26(30)29-17-21(29)12-15-28(29,6)25(22)13-14-27(23,24)5/h8-9,18-25H,7,10-17H2,1-6H3/b9-8+. The minimum absolute atomic E-state index is 0.141. The fraction of sp³-hybridized carbons (Fsp3) is 0.897. The molecule has 30 heavy (non-hydrogen) atoms. The fourth-order valence-electron chi connectivity index (χ4n) is 10.2. The van der Waals surface area contributed by atoms with Gasteiger partial charge < -0.3 is 0 Å². The van der Waals surface area contributed by atoms with Gasteiger partial charge in [0.05, 0.1) is 0 Å². The highest BCUT2D eigenvalue weighted by molar-refractivity contribution is 5.91. The average molecular weight is 411 g/mol. The van der Waals surface area contributed by atoms with Crippen LogP contribution in [0.25, 0.3) is 0 Å². The predicted molar refractivity (Wildman–Crippen MR) is 125 cm³/mol. The van der Waals surface area contributed by atoms with Gasteiger partial charge in [0.15, 0.2) is 0 Å². The second-order valence-corrected chi connectivity index (χ2v) is 13.1. The van der Waals surface area contributed by atoms with Crippen molar-refractivity contribution < 1.29 is 4.79 Å². The first-order chi connectivity index (χ1) is 14.2. The first kappa shape index (κ1) is 21.3. The van der Waals surface area contributed by atoms with E-state index in [1.165, 1.54) is 51.4 Å². The lowest BCUT2D eigenvalue weighted by Crippen LogP contribution is -2.55. The maximum Gasteiger partial charge on any atom is 0.140 e. The first-order valence-corrected chi connectivity index (χ1v) is 13.4. The highest BCUT2D eigenvalue weighted by atomic mass is 16.1. The van der Waals surface area contributed by atoms with Crippen molar-refractivity contribution in [2.45, 2.75) is 99.3 Å². The lowest BCUT2D eigenvalue weighted by Gasteiger charge is -2.58. The molecule has 5 aliphatic rings. The lowest BCUT2D eigenvalue weighted by atomic mass is 9.45. The molecule has 1 nitrogen and oxygen atoms in total. The van der Waals surface area contributed by atoms with E-state index >= 15 is 0 Å². The summed E-state index contributed by atoms with van der Waals surface area (Å²) in [4.78, 5) is 13.5. The van der Waals surface area contributed by atoms with Gasteiger partial charge in [-0.2, -0.15) is 0 Å². The number of ketones is 1. The summed E-state index contributed by atoms with van der Waals surface area (Å²) in [6.45, 7) is 14.7. The molecule has 0 aromatic heterocycles. The molecule has 0 heterocycles. The highest BCUT2D eigenvalue weighted by Crippen LogP contribution is 2.80. The molecule has 0 amide bonds. The van der Waals surface area contributed by atoms with Crippen LogP contribution in [-0.2, 0) is 4.79 Å². The Kier molecular flexibility index (Phi) is 4.93. The van der Waals surface area contributed by atoms with Gasteiger partial charge in [0.1, 0.15) is 5.78 Å². The predicted octanol–water partition coefficient (Wildman–Crippen LogP) is 7.70. The van der Waals surface area contributed by atoms with Crippen LogP contribution in [0.5, 0.6) is 0 Å². The lowest BCUT2D eigenvalue weighted by molar-refractivity contribution is -0.151. The molecule has 0 bridgehead atoms. The van der Waals surface area contributed by atoms with E-state index in [2.05, 4.69) is 53.7 Å². The molecule has 0 saturated heterocycles. The number of carbonyl (C=O) groups excluding carboxylic acids is 1. The Morgan fingerprint density at radius 1 is 1.00 bits per heavy atom. The normalized spacial score (nSPS) is 51.4. The number of carbonyl (C=O) groups is 1. The minimum Gasteiger partial charge on any atom is -0.299 e. The third-order valence-electron chi connectivity index (χ3n) is 12.0. The van der Waals surface area contributed by atoms with Crippen molar-refractivity contribution in [3.8, 4) is 0 Å². The third-order valence-corrected chi connectivity index (χ3v) is 12.0. The molecule has 168 valence electrons. The zero-order valence-corrected chi connectivity index (χ0v) is 20.5. The van der Waals surface area contributed by atoms with Crippen LogP contribution in [0, 0.1) is 63.6 Å². The van der Waals surface area contributed by atoms with E-state index in [1.54, 1.807) is 0 Å². The Morgan fingerprint density at radius 3 is 2.43 bits per heavy atom. The number of Topliss-reactive ketones (excluding diaryl/α,β-unsaturated/α-hetero) is 1. The van der Waals surface area contributed by atoms with Crippen molar-refractivity contribution in [3.63, 3.8) is 0 Å². The second kappa shape index (κ2) is 6.95. The molecule has 5 rings (SSSR count). The Bertz CT molecular complexity index is 735. The molecule has 5 fully saturated rings. The summed E-state index contributed by atoms with van der Waals surface area (Å²) in [5.41, 5.74) is 0.934. The molecule has 10 atom stereocenters. The van der Waals surface area contributed by atoms with Crippen LogP contribution in [0.3, 0.4) is 0 Å². The number of fused-ring (bicyclic) bond motifs is 4. The zero-order valence-electron chi connectivity index (χ0n) is 20.5. The Hall–Kier alpha value is -0.590. The van der Waals surface area contributed by atoms with Crippen molar-refractivity contribution in [3.05, 3.63) is 12.2 Å². The van der Waals surface area contributed by atoms with E-state index in [1.807, 2.05) is 0 Å². The van der Waals surface area contributed by atoms with E-state index in [9.17, 15) is 4.79 Å². The summed E-state index contributed by atoms with van der Waals surface area (Å²) in [5, 5.41) is 0. The van der Waals surface area contributed by atoms with Gasteiger partial charge in [-0.05, 0) is 110 Å². The molecular weight excluding hydrogens is 364 g/mol. The number of rotatable bonds is 5. The van der Waals surface area contributed by atoms with Gasteiger partial charge >= 0.3 is 0 Å². The number of allylic oxidation sites excluding steroid dienone is 2. The Labute approximate surface area is 185 Å². The van der Waals surface area contributed by atoms with Crippen molar-refractivity contribution in [2.75, 3.05) is 0 Å². The van der Waals surface area contributed by atoms with Crippen molar-refractivity contribution in [1.82, 2.24) is 0 Å². The highest BCUT2D eigenvalue weighted by Gasteiger charge is 2.77. The van der Waals surface area contributed by atoms with Gasteiger partial charge in [0, 0.05) is 11.8 Å². The monoisotopic (exact) mass is 410 g/mol. The van der Waals surface area contributed by atoms with E-state index in [-0.39, 0.29) is 5.41 Å². The molecule has 5 saturated carbocycles. The summed E-state index contributed by atoms with van der Waals surface area (Å²) in [5.74, 6) is 6.69. The smallest absolute Gasteiger partial charge is 0.140 e. The molecule has 0 aromatic rings. The molecule has 0 N–H and O–H groups in total. The van der Waals surface area contributed by atoms with Crippen LogP contribution in [0.2, 0.25) is 0 Å². The van der Waals surface area contributed by atoms with Crippen LogP contribution in [0.4, 0.5) is 0 Å². The van der Waals surface area contributed by atoms with Gasteiger partial charge in [-0.25, -0.2) is 0 Å². The summed E-state index contributed by atoms with van der Waals surface area (Å²) < 4.78 is 0. The fourth-order valence-corrected chi connectivity index (χ4v) is 10.2. The van der Waals surface area contributed by atoms with Crippen LogP contribution in [-0.4, -0.2) is 5.78 Å². The summed E-state index contributed by atoms with van der Waals surface area (Å²) in [6.07, 6.45) is 16.8. The topological polar surface area (TPSA) is 17.1 Å². The van der Waals surface area contributed by atoms with Crippen molar-refractivity contribution in [2.24, 2.45) is 63.6 Å². The molecule has 0 aliphatic heterocycles. The maximum absolute atomic E-state index is 13.5. The van der Waals surface area contributed by atoms with Gasteiger partial charge in [0.25, 0.3) is 0 Å². The van der Waals surface area contributed by atoms with Gasteiger partial charge in [-0.15, -0.1) is 0 Å². The summed E-state index contributed by atoms with van der Waals surface area (Å²) in [7, 11) is 0. The number of hydrogen-bond donors (Lipinski definition) is 0. The SMILES string of the molecule is CCC(/C=C/C(C)C1CCC2C3CC(=O)C45CC4CCC5(C)C3CCC12C)C(C)C. The van der Waals surface area contributed by atoms with E-state index in [4.69, 9.17) is 0 Å². The van der Waals surface area contributed by atoms with Gasteiger partial charge in [-0.3, -0.25) is 4.79 Å². The van der Waals surface area contributed by atoms with Crippen LogP contribution in [0.15, 0.2) is 12.2 Å². The summed E-state index contributed by atoms with van der Waals surface area (Å²) in [6, 6.07) is 0. The van der Waals surface area contributed by atoms with Crippen molar-refractivity contribution in [1.29, 1.82) is 0 Å².